The summed E-state index contributed by atoms with van der Waals surface area (Å²) >= 11 is 0. The van der Waals surface area contributed by atoms with Gasteiger partial charge in [-0.2, -0.15) is 0 Å². The van der Waals surface area contributed by atoms with Crippen LogP contribution in [0.25, 0.3) is 0 Å². The molecule has 1 rings (SSSR count). The highest BCUT2D eigenvalue weighted by atomic mass is 16.6. The molecule has 1 amide bonds. The van der Waals surface area contributed by atoms with Crippen LogP contribution in [0.2, 0.25) is 0 Å². The van der Waals surface area contributed by atoms with Crippen LogP contribution in [0.5, 0.6) is 0 Å². The third-order valence-corrected chi connectivity index (χ3v) is 2.43. The smallest absolute Gasteiger partial charge is 0.410 e. The van der Waals surface area contributed by atoms with Crippen molar-refractivity contribution in [3.63, 3.8) is 0 Å². The molecule has 1 unspecified atom stereocenters. The molecule has 1 saturated heterocycles. The molecule has 0 spiro atoms. The first kappa shape index (κ1) is 11.8. The molecule has 0 aliphatic carbocycles. The minimum atomic E-state index is -0.921. The van der Waals surface area contributed by atoms with Crippen molar-refractivity contribution < 1.29 is 19.4 Å². The number of carbonyl (C=O) groups excluding carboxylic acids is 1. The monoisotopic (exact) mass is 215 g/mol. The molecule has 0 aromatic heterocycles. The van der Waals surface area contributed by atoms with Crippen LogP contribution in [-0.2, 0) is 9.53 Å². The van der Waals surface area contributed by atoms with Gasteiger partial charge in [-0.1, -0.05) is 13.3 Å². The van der Waals surface area contributed by atoms with Crippen molar-refractivity contribution in [2.45, 2.75) is 38.7 Å². The van der Waals surface area contributed by atoms with Crippen LogP contribution in [0.4, 0.5) is 4.79 Å². The van der Waals surface area contributed by atoms with E-state index in [2.05, 4.69) is 6.92 Å². The Balaban J connectivity index is 2.34. The fourth-order valence-electron chi connectivity index (χ4n) is 1.56. The SMILES string of the molecule is CCCCN1CCC(CC(=O)O)OC1=O. The first-order valence-corrected chi connectivity index (χ1v) is 5.30. The number of nitrogens with zero attached hydrogens (tertiary/aromatic N) is 1. The van der Waals surface area contributed by atoms with Crippen LogP contribution in [0.15, 0.2) is 0 Å². The van der Waals surface area contributed by atoms with Gasteiger partial charge in [0.05, 0.1) is 6.42 Å². The van der Waals surface area contributed by atoms with Gasteiger partial charge in [-0.3, -0.25) is 4.79 Å². The Morgan fingerprint density at radius 1 is 1.67 bits per heavy atom. The molecule has 5 nitrogen and oxygen atoms in total. The second kappa shape index (κ2) is 5.58. The topological polar surface area (TPSA) is 66.8 Å². The molecule has 1 fully saturated rings. The molecule has 1 atom stereocenters. The molecule has 0 radical (unpaired) electrons. The standard InChI is InChI=1S/C10H17NO4/c1-2-3-5-11-6-4-8(7-9(12)13)15-10(11)14/h8H,2-7H2,1H3,(H,12,13). The number of carboxylic acids is 1. The minimum absolute atomic E-state index is 0.0899. The lowest BCUT2D eigenvalue weighted by molar-refractivity contribution is -0.139. The summed E-state index contributed by atoms with van der Waals surface area (Å²) < 4.78 is 5.01. The van der Waals surface area contributed by atoms with Gasteiger partial charge in [0.25, 0.3) is 0 Å². The van der Waals surface area contributed by atoms with Crippen LogP contribution < -0.4 is 0 Å². The van der Waals surface area contributed by atoms with Crippen LogP contribution >= 0.6 is 0 Å². The van der Waals surface area contributed by atoms with Crippen molar-refractivity contribution >= 4 is 12.1 Å². The Morgan fingerprint density at radius 3 is 2.93 bits per heavy atom. The maximum atomic E-state index is 11.4. The number of rotatable bonds is 5. The van der Waals surface area contributed by atoms with E-state index in [-0.39, 0.29) is 12.5 Å². The van der Waals surface area contributed by atoms with Crippen LogP contribution in [0, 0.1) is 0 Å². The number of ether oxygens (including phenoxy) is 1. The molecule has 86 valence electrons. The third kappa shape index (κ3) is 3.77. The lowest BCUT2D eigenvalue weighted by Gasteiger charge is -2.31. The number of hydrogen-bond donors (Lipinski definition) is 1. The quantitative estimate of drug-likeness (QED) is 0.754. The highest BCUT2D eigenvalue weighted by Crippen LogP contribution is 2.15. The fourth-order valence-corrected chi connectivity index (χ4v) is 1.56. The molecule has 1 aliphatic rings. The Kier molecular flexibility index (Phi) is 4.39. The van der Waals surface area contributed by atoms with Crippen molar-refractivity contribution in [2.75, 3.05) is 13.1 Å². The van der Waals surface area contributed by atoms with Gasteiger partial charge in [0.15, 0.2) is 0 Å². The minimum Gasteiger partial charge on any atom is -0.481 e. The highest BCUT2D eigenvalue weighted by Gasteiger charge is 2.27. The van der Waals surface area contributed by atoms with Crippen molar-refractivity contribution in [1.29, 1.82) is 0 Å². The summed E-state index contributed by atoms with van der Waals surface area (Å²) in [7, 11) is 0. The number of carbonyl (C=O) groups is 2. The van der Waals surface area contributed by atoms with Gasteiger partial charge < -0.3 is 14.7 Å². The van der Waals surface area contributed by atoms with E-state index in [0.29, 0.717) is 19.5 Å². The van der Waals surface area contributed by atoms with Crippen LogP contribution in [0.3, 0.4) is 0 Å². The predicted octanol–water partition coefficient (Wildman–Crippen LogP) is 1.47. The second-order valence-corrected chi connectivity index (χ2v) is 3.73. The Hall–Kier alpha value is -1.26. The highest BCUT2D eigenvalue weighted by molar-refractivity contribution is 5.71. The summed E-state index contributed by atoms with van der Waals surface area (Å²) in [5, 5.41) is 8.55. The predicted molar refractivity (Wildman–Crippen MR) is 53.6 cm³/mol. The Bertz CT molecular complexity index is 242. The van der Waals surface area contributed by atoms with E-state index in [1.807, 2.05) is 0 Å². The van der Waals surface area contributed by atoms with Crippen LogP contribution in [0.1, 0.15) is 32.6 Å². The van der Waals surface area contributed by atoms with Crippen molar-refractivity contribution in [1.82, 2.24) is 4.90 Å². The van der Waals surface area contributed by atoms with E-state index in [1.54, 1.807) is 4.90 Å². The van der Waals surface area contributed by atoms with Gasteiger partial charge in [0.2, 0.25) is 0 Å². The molecule has 15 heavy (non-hydrogen) atoms. The molecule has 1 N–H and O–H groups in total. The molecule has 0 saturated carbocycles. The van der Waals surface area contributed by atoms with Gasteiger partial charge in [-0.15, -0.1) is 0 Å². The van der Waals surface area contributed by atoms with Gasteiger partial charge in [-0.05, 0) is 6.42 Å². The fraction of sp³-hybridized carbons (Fsp3) is 0.800. The first-order chi connectivity index (χ1) is 7.13. The molecule has 1 heterocycles. The lowest BCUT2D eigenvalue weighted by atomic mass is 10.1. The summed E-state index contributed by atoms with van der Waals surface area (Å²) in [4.78, 5) is 23.5. The Morgan fingerprint density at radius 2 is 2.40 bits per heavy atom. The lowest BCUT2D eigenvalue weighted by Crippen LogP contribution is -2.43. The van der Waals surface area contributed by atoms with Gasteiger partial charge in [-0.25, -0.2) is 4.79 Å². The average molecular weight is 215 g/mol. The summed E-state index contributed by atoms with van der Waals surface area (Å²) in [6.07, 6.45) is 1.68. The molecular formula is C10H17NO4. The van der Waals surface area contributed by atoms with E-state index >= 15 is 0 Å². The van der Waals surface area contributed by atoms with Gasteiger partial charge in [0, 0.05) is 19.5 Å². The largest absolute Gasteiger partial charge is 0.481 e. The maximum absolute atomic E-state index is 11.4. The van der Waals surface area contributed by atoms with E-state index in [0.717, 1.165) is 12.8 Å². The zero-order valence-electron chi connectivity index (χ0n) is 8.94. The van der Waals surface area contributed by atoms with Crippen molar-refractivity contribution in [3.8, 4) is 0 Å². The van der Waals surface area contributed by atoms with E-state index in [1.165, 1.54) is 0 Å². The van der Waals surface area contributed by atoms with Crippen molar-refractivity contribution in [3.05, 3.63) is 0 Å². The summed E-state index contributed by atoms with van der Waals surface area (Å²) in [6.45, 7) is 3.37. The van der Waals surface area contributed by atoms with E-state index < -0.39 is 12.1 Å². The average Bonchev–Trinajstić information content (AvgIpc) is 2.15. The zero-order chi connectivity index (χ0) is 11.3. The van der Waals surface area contributed by atoms with Crippen LogP contribution in [-0.4, -0.2) is 41.3 Å². The first-order valence-electron chi connectivity index (χ1n) is 5.30. The number of unbranched alkanes of at least 4 members (excludes halogenated alkanes) is 1. The molecule has 0 aromatic carbocycles. The number of hydrogen-bond acceptors (Lipinski definition) is 3. The molecule has 5 heteroatoms. The Labute approximate surface area is 89.0 Å². The van der Waals surface area contributed by atoms with E-state index in [9.17, 15) is 9.59 Å². The van der Waals surface area contributed by atoms with E-state index in [4.69, 9.17) is 9.84 Å². The van der Waals surface area contributed by atoms with Gasteiger partial charge in [0.1, 0.15) is 6.10 Å². The normalized spacial score (nSPS) is 21.3. The maximum Gasteiger partial charge on any atom is 0.410 e. The number of cyclic esters (lactones) is 1. The number of aliphatic carboxylic acids is 1. The summed E-state index contributed by atoms with van der Waals surface area (Å²) in [5.74, 6) is -0.921. The van der Waals surface area contributed by atoms with Gasteiger partial charge >= 0.3 is 12.1 Å². The second-order valence-electron chi connectivity index (χ2n) is 3.73. The summed E-state index contributed by atoms with van der Waals surface area (Å²) in [5.41, 5.74) is 0. The molecule has 1 aliphatic heterocycles. The third-order valence-electron chi connectivity index (χ3n) is 2.43. The zero-order valence-corrected chi connectivity index (χ0v) is 8.94. The number of carboxylic acid groups (broad SMARTS) is 1. The molecule has 0 aromatic rings. The molecule has 0 bridgehead atoms. The van der Waals surface area contributed by atoms with Crippen molar-refractivity contribution in [2.24, 2.45) is 0 Å². The summed E-state index contributed by atoms with van der Waals surface area (Å²) in [6, 6.07) is 0. The molecular weight excluding hydrogens is 198 g/mol. The number of amides is 1.